The third-order valence-electron chi connectivity index (χ3n) is 7.39. The van der Waals surface area contributed by atoms with Gasteiger partial charge < -0.3 is 19.2 Å². The number of sulfone groups is 1. The van der Waals surface area contributed by atoms with Crippen LogP contribution in [0.5, 0.6) is 5.75 Å². The fourth-order valence-corrected chi connectivity index (χ4v) is 7.77. The van der Waals surface area contributed by atoms with Crippen molar-refractivity contribution in [3.63, 3.8) is 0 Å². The number of aromatic nitrogens is 3. The molecule has 0 unspecified atom stereocenters. The summed E-state index contributed by atoms with van der Waals surface area (Å²) in [5, 5.41) is 18.1. The molecule has 240 valence electrons. The number of piperidine rings is 1. The van der Waals surface area contributed by atoms with Crippen LogP contribution in [0.15, 0.2) is 21.4 Å². The minimum absolute atomic E-state index is 0.0638. The van der Waals surface area contributed by atoms with Crippen molar-refractivity contribution in [3.05, 3.63) is 29.3 Å². The fourth-order valence-electron chi connectivity index (χ4n) is 4.90. The Morgan fingerprint density at radius 3 is 2.48 bits per heavy atom. The first-order valence-corrected chi connectivity index (χ1v) is 16.2. The molecule has 4 heterocycles. The number of likely N-dealkylation sites (tertiary alicyclic amines) is 1. The fraction of sp³-hybridized carbons (Fsp3) is 0.556. The van der Waals surface area contributed by atoms with Crippen LogP contribution in [-0.2, 0) is 21.9 Å². The van der Waals surface area contributed by atoms with Crippen LogP contribution >= 0.6 is 11.3 Å². The summed E-state index contributed by atoms with van der Waals surface area (Å²) in [6, 6.07) is 2.53. The second-order valence-corrected chi connectivity index (χ2v) is 14.4. The van der Waals surface area contributed by atoms with Crippen LogP contribution in [-0.4, -0.2) is 77.1 Å². The first-order chi connectivity index (χ1) is 20.4. The number of benzene rings is 1. The molecule has 44 heavy (non-hydrogen) atoms. The molecule has 1 fully saturated rings. The van der Waals surface area contributed by atoms with Gasteiger partial charge in [-0.3, -0.25) is 4.79 Å². The third-order valence-corrected chi connectivity index (χ3v) is 10.5. The van der Waals surface area contributed by atoms with Gasteiger partial charge in [-0.2, -0.15) is 13.2 Å². The van der Waals surface area contributed by atoms with Crippen LogP contribution in [0.4, 0.5) is 22.0 Å². The molecule has 0 bridgehead atoms. The van der Waals surface area contributed by atoms with Crippen molar-refractivity contribution >= 4 is 27.1 Å². The highest BCUT2D eigenvalue weighted by Crippen LogP contribution is 2.46. The molecule has 1 N–H and O–H groups in total. The van der Waals surface area contributed by atoms with E-state index in [9.17, 15) is 40.3 Å². The van der Waals surface area contributed by atoms with E-state index >= 15 is 0 Å². The molecule has 2 aromatic heterocycles. The summed E-state index contributed by atoms with van der Waals surface area (Å²) in [6.45, 7) is 3.36. The summed E-state index contributed by atoms with van der Waals surface area (Å²) in [6.07, 6.45) is -5.20. The number of halogens is 5. The van der Waals surface area contributed by atoms with E-state index in [1.165, 1.54) is 30.9 Å². The maximum Gasteiger partial charge on any atom is 0.392 e. The number of thiazole rings is 1. The van der Waals surface area contributed by atoms with E-state index in [1.54, 1.807) is 0 Å². The summed E-state index contributed by atoms with van der Waals surface area (Å²) in [5.41, 5.74) is -1.22. The molecule has 17 heteroatoms. The molecule has 2 aliphatic rings. The molecular formula is C27H29F5N4O6S2. The second kappa shape index (κ2) is 11.3. The lowest BCUT2D eigenvalue weighted by Crippen LogP contribution is -2.43. The molecule has 1 aromatic carbocycles. The van der Waals surface area contributed by atoms with Gasteiger partial charge >= 0.3 is 6.18 Å². The minimum atomic E-state index is -4.71. The minimum Gasteiger partial charge on any atom is -0.493 e. The molecule has 5 rings (SSSR count). The van der Waals surface area contributed by atoms with Crippen molar-refractivity contribution < 1.29 is 49.4 Å². The lowest BCUT2D eigenvalue weighted by Gasteiger charge is -2.31. The Hall–Kier alpha value is -3.18. The van der Waals surface area contributed by atoms with E-state index in [2.05, 4.69) is 15.2 Å². The third kappa shape index (κ3) is 6.44. The average Bonchev–Trinajstić information content (AvgIpc) is 3.59. The van der Waals surface area contributed by atoms with Crippen molar-refractivity contribution in [1.82, 2.24) is 20.1 Å². The molecular weight excluding hydrogens is 635 g/mol. The summed E-state index contributed by atoms with van der Waals surface area (Å²) in [4.78, 5) is 19.2. The van der Waals surface area contributed by atoms with Crippen molar-refractivity contribution in [2.45, 2.75) is 69.0 Å². The van der Waals surface area contributed by atoms with Crippen LogP contribution in [0, 0.1) is 5.92 Å². The monoisotopic (exact) mass is 664 g/mol. The number of ether oxygens (including phenoxy) is 1. The van der Waals surface area contributed by atoms with Gasteiger partial charge in [0.2, 0.25) is 5.89 Å². The standard InChI is InChI=1S/C27H29F5N4O6S2/c1-14(27(30,31)32)13-44(39,40)17-7-6-16(19-15(17)5-4-12-41-19)20-18(23(37)36-10-8-26(28,29)9-11-36)33-22(43-20)21-34-35-24(42-21)25(2,3)38/h6-7,14,38H,4-5,8-13H2,1-3H3/t14-/m1/s1. The number of nitrogens with zero attached hydrogens (tertiary/aromatic N) is 4. The SMILES string of the molecule is C[C@H](CS(=O)(=O)c1ccc(-c2sc(-c3nnc(C(C)(C)O)o3)nc2C(=O)N2CCC(F)(F)CC2)c2c1CCCO2)C(F)(F)F. The highest BCUT2D eigenvalue weighted by molar-refractivity contribution is 7.91. The van der Waals surface area contributed by atoms with E-state index in [0.717, 1.165) is 18.3 Å². The first-order valence-electron chi connectivity index (χ1n) is 13.7. The van der Waals surface area contributed by atoms with E-state index in [4.69, 9.17) is 9.15 Å². The van der Waals surface area contributed by atoms with Gasteiger partial charge in [-0.05, 0) is 38.8 Å². The number of carbonyl (C=O) groups is 1. The Kier molecular flexibility index (Phi) is 8.29. The molecule has 0 aliphatic carbocycles. The van der Waals surface area contributed by atoms with Crippen molar-refractivity contribution in [1.29, 1.82) is 0 Å². The number of hydrogen-bond acceptors (Lipinski definition) is 10. The molecule has 10 nitrogen and oxygen atoms in total. The maximum atomic E-state index is 13.9. The van der Waals surface area contributed by atoms with Crippen LogP contribution in [0.3, 0.4) is 0 Å². The zero-order chi connectivity index (χ0) is 32.2. The number of rotatable bonds is 7. The molecule has 0 saturated carbocycles. The number of hydrogen-bond donors (Lipinski definition) is 1. The molecule has 0 radical (unpaired) electrons. The van der Waals surface area contributed by atoms with E-state index in [1.807, 2.05) is 0 Å². The van der Waals surface area contributed by atoms with Crippen LogP contribution in [0.2, 0.25) is 0 Å². The Labute approximate surface area is 253 Å². The van der Waals surface area contributed by atoms with E-state index in [-0.39, 0.29) is 75.2 Å². The highest BCUT2D eigenvalue weighted by atomic mass is 32.2. The first kappa shape index (κ1) is 32.2. The van der Waals surface area contributed by atoms with Crippen molar-refractivity contribution in [2.75, 3.05) is 25.4 Å². The number of fused-ring (bicyclic) bond motifs is 1. The average molecular weight is 665 g/mol. The van der Waals surface area contributed by atoms with E-state index in [0.29, 0.717) is 6.42 Å². The van der Waals surface area contributed by atoms with Crippen LogP contribution in [0.1, 0.15) is 62.0 Å². The van der Waals surface area contributed by atoms with Gasteiger partial charge in [0, 0.05) is 37.1 Å². The number of carbonyl (C=O) groups excluding carboxylic acids is 1. The predicted octanol–water partition coefficient (Wildman–Crippen LogP) is 5.26. The lowest BCUT2D eigenvalue weighted by atomic mass is 10.00. The molecule has 0 spiro atoms. The quantitative estimate of drug-likeness (QED) is 0.336. The Morgan fingerprint density at radius 1 is 1.18 bits per heavy atom. The molecule has 1 atom stereocenters. The smallest absolute Gasteiger partial charge is 0.392 e. The van der Waals surface area contributed by atoms with Crippen molar-refractivity contribution in [3.8, 4) is 27.1 Å². The zero-order valence-corrected chi connectivity index (χ0v) is 25.5. The summed E-state index contributed by atoms with van der Waals surface area (Å²) >= 11 is 0.919. The van der Waals surface area contributed by atoms with Crippen LogP contribution < -0.4 is 4.74 Å². The molecule has 3 aromatic rings. The predicted molar refractivity (Wildman–Crippen MR) is 147 cm³/mol. The molecule has 1 saturated heterocycles. The summed E-state index contributed by atoms with van der Waals surface area (Å²) < 4.78 is 105. The maximum absolute atomic E-state index is 13.9. The van der Waals surface area contributed by atoms with E-state index < -0.39 is 58.0 Å². The summed E-state index contributed by atoms with van der Waals surface area (Å²) in [7, 11) is -4.40. The Bertz CT molecular complexity index is 1670. The van der Waals surface area contributed by atoms with Gasteiger partial charge in [0.05, 0.1) is 28.1 Å². The number of aliphatic hydroxyl groups is 1. The van der Waals surface area contributed by atoms with Gasteiger partial charge in [0.1, 0.15) is 17.0 Å². The van der Waals surface area contributed by atoms with Crippen molar-refractivity contribution in [2.24, 2.45) is 5.92 Å². The lowest BCUT2D eigenvalue weighted by molar-refractivity contribution is -0.163. The van der Waals surface area contributed by atoms with Gasteiger partial charge in [0.25, 0.3) is 17.7 Å². The molecule has 1 amide bonds. The second-order valence-electron chi connectivity index (χ2n) is 11.4. The van der Waals surface area contributed by atoms with Gasteiger partial charge in [-0.15, -0.1) is 21.5 Å². The van der Waals surface area contributed by atoms with Crippen LogP contribution in [0.25, 0.3) is 21.3 Å². The summed E-state index contributed by atoms with van der Waals surface area (Å²) in [5.74, 6) is -7.03. The Balaban J connectivity index is 1.62. The highest BCUT2D eigenvalue weighted by Gasteiger charge is 2.41. The zero-order valence-electron chi connectivity index (χ0n) is 23.9. The number of alkyl halides is 5. The molecule has 2 aliphatic heterocycles. The van der Waals surface area contributed by atoms with Gasteiger partial charge in [-0.25, -0.2) is 22.2 Å². The number of amides is 1. The Morgan fingerprint density at radius 2 is 1.86 bits per heavy atom. The largest absolute Gasteiger partial charge is 0.493 e. The topological polar surface area (TPSA) is 136 Å². The van der Waals surface area contributed by atoms with Gasteiger partial charge in [-0.1, -0.05) is 6.92 Å². The normalized spacial score (nSPS) is 18.1. The van der Waals surface area contributed by atoms with Gasteiger partial charge in [0.15, 0.2) is 14.8 Å².